The molecular weight excluding hydrogens is 271 g/mol. The second-order valence-electron chi connectivity index (χ2n) is 4.39. The molecule has 1 aromatic rings. The fourth-order valence-corrected chi connectivity index (χ4v) is 2.41. The Hall–Kier alpha value is -0.945. The van der Waals surface area contributed by atoms with Crippen LogP contribution < -0.4 is 15.2 Å². The Balaban J connectivity index is 3.21. The van der Waals surface area contributed by atoms with E-state index in [4.69, 9.17) is 23.1 Å². The SMILES string of the molecule is [B]C(C)(N)Cc1cc(OC)c(OC)c(SC(F)F)c1. The van der Waals surface area contributed by atoms with Crippen LogP contribution in [0.3, 0.4) is 0 Å². The van der Waals surface area contributed by atoms with Gasteiger partial charge >= 0.3 is 0 Å². The third-order valence-electron chi connectivity index (χ3n) is 2.31. The van der Waals surface area contributed by atoms with Gasteiger partial charge in [-0.15, -0.1) is 0 Å². The van der Waals surface area contributed by atoms with Gasteiger partial charge in [-0.2, -0.15) is 8.78 Å². The van der Waals surface area contributed by atoms with Crippen LogP contribution in [0.15, 0.2) is 17.0 Å². The number of thioether (sulfide) groups is 1. The van der Waals surface area contributed by atoms with Crippen LogP contribution in [0.25, 0.3) is 0 Å². The third-order valence-corrected chi connectivity index (χ3v) is 3.04. The van der Waals surface area contributed by atoms with Gasteiger partial charge in [0.25, 0.3) is 5.76 Å². The van der Waals surface area contributed by atoms with E-state index >= 15 is 0 Å². The highest BCUT2D eigenvalue weighted by atomic mass is 32.2. The van der Waals surface area contributed by atoms with E-state index in [2.05, 4.69) is 0 Å². The van der Waals surface area contributed by atoms with Crippen LogP contribution in [0.5, 0.6) is 11.5 Å². The van der Waals surface area contributed by atoms with Crippen molar-refractivity contribution in [1.82, 2.24) is 0 Å². The van der Waals surface area contributed by atoms with Crippen LogP contribution in [0.1, 0.15) is 12.5 Å². The molecule has 1 atom stereocenters. The molecular formula is C12H16BF2NO2S. The number of methoxy groups -OCH3 is 2. The predicted molar refractivity (Wildman–Crippen MR) is 73.5 cm³/mol. The molecule has 7 heteroatoms. The van der Waals surface area contributed by atoms with E-state index in [0.717, 1.165) is 0 Å². The third kappa shape index (κ3) is 4.91. The topological polar surface area (TPSA) is 44.5 Å². The van der Waals surface area contributed by atoms with Gasteiger partial charge in [0.2, 0.25) is 0 Å². The van der Waals surface area contributed by atoms with E-state index in [1.807, 2.05) is 0 Å². The second kappa shape index (κ2) is 6.48. The maximum Gasteiger partial charge on any atom is 0.289 e. The quantitative estimate of drug-likeness (QED) is 0.644. The highest BCUT2D eigenvalue weighted by molar-refractivity contribution is 7.99. The van der Waals surface area contributed by atoms with Crippen molar-refractivity contribution in [3.63, 3.8) is 0 Å². The molecule has 0 heterocycles. The molecule has 3 nitrogen and oxygen atoms in total. The van der Waals surface area contributed by atoms with Gasteiger partial charge in [-0.25, -0.2) is 0 Å². The van der Waals surface area contributed by atoms with Crippen LogP contribution >= 0.6 is 11.8 Å². The second-order valence-corrected chi connectivity index (χ2v) is 5.42. The Bertz CT molecular complexity index is 438. The monoisotopic (exact) mass is 287 g/mol. The van der Waals surface area contributed by atoms with Crippen molar-refractivity contribution >= 4 is 19.6 Å². The maximum atomic E-state index is 12.6. The largest absolute Gasteiger partial charge is 0.493 e. The minimum Gasteiger partial charge on any atom is -0.493 e. The molecule has 104 valence electrons. The molecule has 0 aliphatic carbocycles. The molecule has 1 unspecified atom stereocenters. The van der Waals surface area contributed by atoms with Crippen molar-refractivity contribution in [2.45, 2.75) is 29.4 Å². The zero-order chi connectivity index (χ0) is 14.6. The number of nitrogens with two attached hydrogens (primary N) is 1. The summed E-state index contributed by atoms with van der Waals surface area (Å²) in [6.45, 7) is 1.66. The number of hydrogen-bond donors (Lipinski definition) is 1. The molecule has 1 aromatic carbocycles. The number of alkyl halides is 2. The molecule has 0 saturated carbocycles. The molecule has 2 radical (unpaired) electrons. The summed E-state index contributed by atoms with van der Waals surface area (Å²) in [6.07, 6.45) is 0.337. The zero-order valence-electron chi connectivity index (χ0n) is 11.1. The molecule has 0 aromatic heterocycles. The summed E-state index contributed by atoms with van der Waals surface area (Å²) in [5.74, 6) is -1.88. The molecule has 0 fully saturated rings. The lowest BCUT2D eigenvalue weighted by Crippen LogP contribution is -2.38. The lowest BCUT2D eigenvalue weighted by molar-refractivity contribution is 0.251. The van der Waals surface area contributed by atoms with E-state index in [0.29, 0.717) is 34.4 Å². The average Bonchev–Trinajstić information content (AvgIpc) is 2.25. The maximum absolute atomic E-state index is 12.6. The van der Waals surface area contributed by atoms with Crippen LogP contribution in [-0.2, 0) is 6.42 Å². The predicted octanol–water partition coefficient (Wildman–Crippen LogP) is 2.40. The van der Waals surface area contributed by atoms with Gasteiger partial charge in [0, 0.05) is 0 Å². The Labute approximate surface area is 117 Å². The van der Waals surface area contributed by atoms with Gasteiger partial charge in [0.1, 0.15) is 0 Å². The molecule has 1 rings (SSSR count). The normalized spacial score (nSPS) is 14.3. The first-order chi connectivity index (χ1) is 8.76. The molecule has 0 aliphatic heterocycles. The van der Waals surface area contributed by atoms with Crippen LogP contribution in [0.2, 0.25) is 0 Å². The minimum absolute atomic E-state index is 0.285. The first kappa shape index (κ1) is 16.1. The molecule has 0 amide bonds. The Kier molecular flexibility index (Phi) is 5.49. The summed E-state index contributed by atoms with van der Waals surface area (Å²) in [5, 5.41) is 0. The van der Waals surface area contributed by atoms with Gasteiger partial charge in [0.15, 0.2) is 11.5 Å². The summed E-state index contributed by atoms with van der Waals surface area (Å²) in [7, 11) is 8.58. The van der Waals surface area contributed by atoms with Crippen LogP contribution in [0.4, 0.5) is 8.78 Å². The first-order valence-electron chi connectivity index (χ1n) is 5.54. The fraction of sp³-hybridized carbons (Fsp3) is 0.500. The van der Waals surface area contributed by atoms with E-state index in [9.17, 15) is 8.78 Å². The van der Waals surface area contributed by atoms with Crippen molar-refractivity contribution in [2.24, 2.45) is 5.73 Å². The number of halogens is 2. The summed E-state index contributed by atoms with van der Waals surface area (Å²) >= 11 is 0.399. The number of ether oxygens (including phenoxy) is 2. The first-order valence-corrected chi connectivity index (χ1v) is 6.42. The van der Waals surface area contributed by atoms with Crippen molar-refractivity contribution in [3.05, 3.63) is 17.7 Å². The van der Waals surface area contributed by atoms with Crippen molar-refractivity contribution in [2.75, 3.05) is 14.2 Å². The van der Waals surface area contributed by atoms with Gasteiger partial charge in [0.05, 0.1) is 27.0 Å². The molecule has 0 aliphatic rings. The molecule has 0 spiro atoms. The average molecular weight is 287 g/mol. The van der Waals surface area contributed by atoms with Crippen molar-refractivity contribution in [3.8, 4) is 11.5 Å². The summed E-state index contributed by atoms with van der Waals surface area (Å²) in [5.41, 5.74) is 5.52. The van der Waals surface area contributed by atoms with Gasteiger partial charge < -0.3 is 15.2 Å². The Morgan fingerprint density at radius 1 is 1.37 bits per heavy atom. The fourth-order valence-electron chi connectivity index (χ4n) is 1.71. The zero-order valence-corrected chi connectivity index (χ0v) is 11.9. The standard InChI is InChI=1S/C12H16BF2NO2S/c1-12(13,16)6-7-4-8(17-2)10(18-3)9(5-7)19-11(14)15/h4-5,11H,6,16H2,1-3H3. The van der Waals surface area contributed by atoms with E-state index in [-0.39, 0.29) is 5.75 Å². The van der Waals surface area contributed by atoms with Crippen LogP contribution in [-0.4, -0.2) is 33.3 Å². The summed E-state index contributed by atoms with van der Waals surface area (Å²) < 4.78 is 35.4. The van der Waals surface area contributed by atoms with Gasteiger partial charge in [-0.1, -0.05) is 18.7 Å². The lowest BCUT2D eigenvalue weighted by Gasteiger charge is -2.21. The van der Waals surface area contributed by atoms with Gasteiger partial charge in [-0.3, -0.25) is 0 Å². The summed E-state index contributed by atoms with van der Waals surface area (Å²) in [6, 6.07) is 3.28. The van der Waals surface area contributed by atoms with E-state index in [1.165, 1.54) is 14.2 Å². The van der Waals surface area contributed by atoms with E-state index in [1.54, 1.807) is 19.1 Å². The lowest BCUT2D eigenvalue weighted by atomic mass is 9.76. The minimum atomic E-state index is -2.55. The van der Waals surface area contributed by atoms with Crippen molar-refractivity contribution < 1.29 is 18.3 Å². The summed E-state index contributed by atoms with van der Waals surface area (Å²) in [4.78, 5) is 0.302. The number of hydrogen-bond acceptors (Lipinski definition) is 4. The number of rotatable bonds is 6. The molecule has 2 N–H and O–H groups in total. The highest BCUT2D eigenvalue weighted by Crippen LogP contribution is 2.41. The molecule has 0 saturated heterocycles. The molecule has 19 heavy (non-hydrogen) atoms. The number of benzene rings is 1. The van der Waals surface area contributed by atoms with E-state index < -0.39 is 11.2 Å². The van der Waals surface area contributed by atoms with Gasteiger partial charge in [-0.05, 0) is 29.6 Å². The van der Waals surface area contributed by atoms with Crippen molar-refractivity contribution in [1.29, 1.82) is 0 Å². The Morgan fingerprint density at radius 3 is 2.42 bits per heavy atom. The highest BCUT2D eigenvalue weighted by Gasteiger charge is 2.19. The Morgan fingerprint density at radius 2 is 2.00 bits per heavy atom. The van der Waals surface area contributed by atoms with Crippen LogP contribution in [0, 0.1) is 0 Å². The molecule has 0 bridgehead atoms. The smallest absolute Gasteiger partial charge is 0.289 e.